The predicted molar refractivity (Wildman–Crippen MR) is 60.1 cm³/mol. The average Bonchev–Trinajstić information content (AvgIpc) is 2.23. The van der Waals surface area contributed by atoms with Crippen molar-refractivity contribution < 1.29 is 19.5 Å². The molecule has 0 saturated carbocycles. The summed E-state index contributed by atoms with van der Waals surface area (Å²) < 4.78 is 0. The van der Waals surface area contributed by atoms with Crippen LogP contribution in [-0.4, -0.2) is 42.1 Å². The highest BCUT2D eigenvalue weighted by Gasteiger charge is 2.19. The highest BCUT2D eigenvalue weighted by atomic mass is 16.4. The van der Waals surface area contributed by atoms with Crippen molar-refractivity contribution in [2.24, 2.45) is 11.5 Å². The van der Waals surface area contributed by atoms with E-state index in [1.54, 1.807) is 0 Å². The number of primary amides is 1. The van der Waals surface area contributed by atoms with Crippen molar-refractivity contribution in [2.45, 2.75) is 25.3 Å². The Kier molecular flexibility index (Phi) is 7.44. The molecular weight excluding hydrogens is 228 g/mol. The molecule has 0 aliphatic heterocycles. The lowest BCUT2D eigenvalue weighted by molar-refractivity contribution is -0.139. The molecule has 0 saturated heterocycles. The maximum atomic E-state index is 11.2. The number of aliphatic carboxylic acids is 1. The van der Waals surface area contributed by atoms with Crippen LogP contribution >= 0.6 is 0 Å². The van der Waals surface area contributed by atoms with Crippen molar-refractivity contribution in [3.8, 4) is 0 Å². The van der Waals surface area contributed by atoms with E-state index in [9.17, 15) is 14.4 Å². The molecule has 0 aliphatic rings. The van der Waals surface area contributed by atoms with Crippen LogP contribution in [0, 0.1) is 0 Å². The molecule has 0 aromatic rings. The van der Waals surface area contributed by atoms with E-state index in [1.807, 2.05) is 0 Å². The Labute approximate surface area is 98.7 Å². The average molecular weight is 246 g/mol. The molecule has 0 aromatic carbocycles. The lowest BCUT2D eigenvalue weighted by atomic mass is 10.1. The third-order valence-corrected chi connectivity index (χ3v) is 1.95. The monoisotopic (exact) mass is 246 g/mol. The van der Waals surface area contributed by atoms with Crippen LogP contribution in [-0.2, 0) is 9.59 Å². The fourth-order valence-corrected chi connectivity index (χ4v) is 1.06. The van der Waals surface area contributed by atoms with Crippen LogP contribution in [0.4, 0.5) is 4.79 Å². The topological polar surface area (TPSA) is 148 Å². The molecule has 17 heavy (non-hydrogen) atoms. The first kappa shape index (κ1) is 15.2. The Hall–Kier alpha value is -1.83. The zero-order valence-corrected chi connectivity index (χ0v) is 9.44. The maximum absolute atomic E-state index is 11.2. The van der Waals surface area contributed by atoms with Crippen molar-refractivity contribution >= 4 is 17.9 Å². The van der Waals surface area contributed by atoms with Gasteiger partial charge in [-0.1, -0.05) is 0 Å². The summed E-state index contributed by atoms with van der Waals surface area (Å²) >= 11 is 0. The minimum atomic E-state index is -1.21. The minimum Gasteiger partial charge on any atom is -0.480 e. The second-order valence-corrected chi connectivity index (χ2v) is 3.44. The SMILES string of the molecule is NCCCNC(=O)N[C@H](CCC(N)=O)C(=O)O. The Balaban J connectivity index is 4.02. The summed E-state index contributed by atoms with van der Waals surface area (Å²) in [6.45, 7) is 0.800. The van der Waals surface area contributed by atoms with Crippen LogP contribution in [0.3, 0.4) is 0 Å². The van der Waals surface area contributed by atoms with Gasteiger partial charge in [0, 0.05) is 13.0 Å². The summed E-state index contributed by atoms with van der Waals surface area (Å²) in [5.74, 6) is -1.82. The third kappa shape index (κ3) is 8.03. The van der Waals surface area contributed by atoms with Gasteiger partial charge in [-0.25, -0.2) is 9.59 Å². The second-order valence-electron chi connectivity index (χ2n) is 3.44. The van der Waals surface area contributed by atoms with Crippen LogP contribution in [0.2, 0.25) is 0 Å². The molecule has 0 unspecified atom stereocenters. The molecule has 98 valence electrons. The van der Waals surface area contributed by atoms with E-state index in [4.69, 9.17) is 16.6 Å². The number of amides is 3. The van der Waals surface area contributed by atoms with Gasteiger partial charge in [-0.3, -0.25) is 4.79 Å². The summed E-state index contributed by atoms with van der Waals surface area (Å²) in [6, 6.07) is -1.73. The molecule has 8 heteroatoms. The zero-order valence-electron chi connectivity index (χ0n) is 9.44. The van der Waals surface area contributed by atoms with Crippen molar-refractivity contribution in [1.29, 1.82) is 0 Å². The molecule has 7 N–H and O–H groups in total. The first-order valence-corrected chi connectivity index (χ1v) is 5.23. The van der Waals surface area contributed by atoms with Crippen LogP contribution in [0.15, 0.2) is 0 Å². The fourth-order valence-electron chi connectivity index (χ4n) is 1.06. The summed E-state index contributed by atoms with van der Waals surface area (Å²) in [5, 5.41) is 13.5. The summed E-state index contributed by atoms with van der Waals surface area (Å²) in [4.78, 5) is 32.5. The van der Waals surface area contributed by atoms with E-state index in [0.717, 1.165) is 0 Å². The standard InChI is InChI=1S/C9H18N4O4/c10-4-1-5-12-9(17)13-6(8(15)16)2-3-7(11)14/h6H,1-5,10H2,(H2,11,14)(H,15,16)(H2,12,13,17)/t6-/m1/s1. The van der Waals surface area contributed by atoms with Gasteiger partial charge in [-0.15, -0.1) is 0 Å². The first-order chi connectivity index (χ1) is 7.97. The number of rotatable bonds is 8. The molecular formula is C9H18N4O4. The van der Waals surface area contributed by atoms with Gasteiger partial charge in [0.05, 0.1) is 0 Å². The summed E-state index contributed by atoms with van der Waals surface area (Å²) in [7, 11) is 0. The molecule has 0 heterocycles. The molecule has 0 aliphatic carbocycles. The van der Waals surface area contributed by atoms with Crippen LogP contribution < -0.4 is 22.1 Å². The summed E-state index contributed by atoms with van der Waals surface area (Å²) in [6.07, 6.45) is 0.474. The molecule has 0 rings (SSSR count). The normalized spacial score (nSPS) is 11.6. The van der Waals surface area contributed by atoms with E-state index >= 15 is 0 Å². The number of hydrogen-bond donors (Lipinski definition) is 5. The molecule has 0 radical (unpaired) electrons. The van der Waals surface area contributed by atoms with Crippen molar-refractivity contribution in [3.05, 3.63) is 0 Å². The molecule has 0 bridgehead atoms. The smallest absolute Gasteiger partial charge is 0.326 e. The lowest BCUT2D eigenvalue weighted by Gasteiger charge is -2.14. The molecule has 3 amide bonds. The lowest BCUT2D eigenvalue weighted by Crippen LogP contribution is -2.46. The third-order valence-electron chi connectivity index (χ3n) is 1.95. The highest BCUT2D eigenvalue weighted by molar-refractivity contribution is 5.83. The van der Waals surface area contributed by atoms with Gasteiger partial charge in [0.1, 0.15) is 6.04 Å². The Bertz CT molecular complexity index is 282. The number of carboxylic acid groups (broad SMARTS) is 1. The van der Waals surface area contributed by atoms with Crippen molar-refractivity contribution in [3.63, 3.8) is 0 Å². The van der Waals surface area contributed by atoms with Crippen LogP contribution in [0.1, 0.15) is 19.3 Å². The first-order valence-electron chi connectivity index (χ1n) is 5.23. The van der Waals surface area contributed by atoms with E-state index in [2.05, 4.69) is 10.6 Å². The maximum Gasteiger partial charge on any atom is 0.326 e. The number of carbonyl (C=O) groups excluding carboxylic acids is 2. The molecule has 0 aromatic heterocycles. The van der Waals surface area contributed by atoms with Crippen molar-refractivity contribution in [2.75, 3.05) is 13.1 Å². The minimum absolute atomic E-state index is 0.0328. The van der Waals surface area contributed by atoms with Gasteiger partial charge in [-0.2, -0.15) is 0 Å². The van der Waals surface area contributed by atoms with Gasteiger partial charge in [0.2, 0.25) is 5.91 Å². The number of carbonyl (C=O) groups is 3. The number of nitrogens with two attached hydrogens (primary N) is 2. The predicted octanol–water partition coefficient (Wildman–Crippen LogP) is -1.65. The Morgan fingerprint density at radius 1 is 1.29 bits per heavy atom. The van der Waals surface area contributed by atoms with E-state index < -0.39 is 23.9 Å². The van der Waals surface area contributed by atoms with E-state index in [-0.39, 0.29) is 12.8 Å². The van der Waals surface area contributed by atoms with Gasteiger partial charge >= 0.3 is 12.0 Å². The van der Waals surface area contributed by atoms with E-state index in [1.165, 1.54) is 0 Å². The van der Waals surface area contributed by atoms with Gasteiger partial charge < -0.3 is 27.2 Å². The fraction of sp³-hybridized carbons (Fsp3) is 0.667. The van der Waals surface area contributed by atoms with E-state index in [0.29, 0.717) is 19.5 Å². The largest absolute Gasteiger partial charge is 0.480 e. The quantitative estimate of drug-likeness (QED) is 0.325. The summed E-state index contributed by atoms with van der Waals surface area (Å²) in [5.41, 5.74) is 10.1. The second kappa shape index (κ2) is 8.34. The molecule has 0 fully saturated rings. The van der Waals surface area contributed by atoms with Crippen LogP contribution in [0.5, 0.6) is 0 Å². The Morgan fingerprint density at radius 3 is 2.41 bits per heavy atom. The highest BCUT2D eigenvalue weighted by Crippen LogP contribution is 1.97. The number of urea groups is 1. The number of nitrogens with one attached hydrogen (secondary N) is 2. The number of carboxylic acids is 1. The molecule has 0 spiro atoms. The van der Waals surface area contributed by atoms with Gasteiger partial charge in [0.15, 0.2) is 0 Å². The zero-order chi connectivity index (χ0) is 13.3. The van der Waals surface area contributed by atoms with Crippen molar-refractivity contribution in [1.82, 2.24) is 10.6 Å². The molecule has 8 nitrogen and oxygen atoms in total. The number of hydrogen-bond acceptors (Lipinski definition) is 4. The Morgan fingerprint density at radius 2 is 1.94 bits per heavy atom. The van der Waals surface area contributed by atoms with Gasteiger partial charge in [0.25, 0.3) is 0 Å². The molecule has 1 atom stereocenters. The van der Waals surface area contributed by atoms with Crippen LogP contribution in [0.25, 0.3) is 0 Å². The van der Waals surface area contributed by atoms with Gasteiger partial charge in [-0.05, 0) is 19.4 Å².